The van der Waals surface area contributed by atoms with Crippen molar-refractivity contribution in [2.45, 2.75) is 56.9 Å². The highest BCUT2D eigenvalue weighted by molar-refractivity contribution is 6.43. The van der Waals surface area contributed by atoms with Gasteiger partial charge in [-0.3, -0.25) is 9.59 Å². The van der Waals surface area contributed by atoms with Crippen molar-refractivity contribution >= 4 is 18.9 Å². The number of carbonyl (C=O) groups is 2. The molecule has 0 saturated heterocycles. The molecule has 0 aromatic heterocycles. The molecule has 4 N–H and O–H groups in total. The molecule has 2 amide bonds. The van der Waals surface area contributed by atoms with Crippen LogP contribution in [0.2, 0.25) is 0 Å². The van der Waals surface area contributed by atoms with Gasteiger partial charge in [0.05, 0.1) is 24.3 Å². The molecule has 1 aliphatic rings. The molecule has 0 saturated carbocycles. The maximum Gasteiger partial charge on any atom is 0.475 e. The van der Waals surface area contributed by atoms with E-state index in [0.29, 0.717) is 0 Å². The topological polar surface area (TPSA) is 98.7 Å². The van der Waals surface area contributed by atoms with Crippen molar-refractivity contribution in [2.75, 3.05) is 0 Å². The Morgan fingerprint density at radius 3 is 2.47 bits per heavy atom. The number of carbonyl (C=O) groups excluding carboxylic acids is 2. The Bertz CT molecular complexity index is 1180. The highest BCUT2D eigenvalue weighted by Crippen LogP contribution is 2.32. The lowest BCUT2D eigenvalue weighted by molar-refractivity contribution is -0.125. The lowest BCUT2D eigenvalue weighted by Crippen LogP contribution is -2.48. The van der Waals surface area contributed by atoms with E-state index in [1.165, 1.54) is 5.56 Å². The number of hydrogen-bond donors (Lipinski definition) is 4. The van der Waals surface area contributed by atoms with Crippen LogP contribution in [0.4, 0.5) is 0 Å². The number of fused-ring (bicyclic) bond motifs is 1. The normalized spacial score (nSPS) is 16.4. The Morgan fingerprint density at radius 2 is 1.72 bits per heavy atom. The van der Waals surface area contributed by atoms with Gasteiger partial charge in [-0.1, -0.05) is 84.4 Å². The van der Waals surface area contributed by atoms with Gasteiger partial charge in [-0.2, -0.15) is 0 Å². The highest BCUT2D eigenvalue weighted by Gasteiger charge is 2.30. The summed E-state index contributed by atoms with van der Waals surface area (Å²) in [6.07, 6.45) is 2.95. The molecule has 0 spiro atoms. The van der Waals surface area contributed by atoms with Crippen molar-refractivity contribution < 1.29 is 19.6 Å². The second-order valence-corrected chi connectivity index (χ2v) is 9.60. The zero-order chi connectivity index (χ0) is 25.5. The second-order valence-electron chi connectivity index (χ2n) is 9.60. The molecule has 4 rings (SSSR count). The minimum absolute atomic E-state index is 0.0127. The number of benzene rings is 3. The second kappa shape index (κ2) is 12.0. The van der Waals surface area contributed by atoms with Gasteiger partial charge in [0, 0.05) is 0 Å². The summed E-state index contributed by atoms with van der Waals surface area (Å²) in [5.74, 6) is -1.57. The van der Waals surface area contributed by atoms with Crippen molar-refractivity contribution in [1.82, 2.24) is 10.6 Å². The summed E-state index contributed by atoms with van der Waals surface area (Å²) in [5, 5.41) is 25.7. The monoisotopic (exact) mass is 484 g/mol. The summed E-state index contributed by atoms with van der Waals surface area (Å²) < 4.78 is 0. The van der Waals surface area contributed by atoms with E-state index in [4.69, 9.17) is 0 Å². The van der Waals surface area contributed by atoms with E-state index >= 15 is 0 Å². The van der Waals surface area contributed by atoms with E-state index in [1.807, 2.05) is 79.7 Å². The Labute approximate surface area is 212 Å². The fourth-order valence-electron chi connectivity index (χ4n) is 5.01. The van der Waals surface area contributed by atoms with Crippen LogP contribution in [-0.2, 0) is 22.4 Å². The molecule has 0 radical (unpaired) electrons. The Balaban J connectivity index is 1.47. The van der Waals surface area contributed by atoms with Crippen LogP contribution in [0.5, 0.6) is 0 Å². The van der Waals surface area contributed by atoms with Gasteiger partial charge in [-0.05, 0) is 54.9 Å². The molecule has 7 heteroatoms. The number of rotatable bonds is 9. The molecule has 3 aromatic rings. The standard InChI is InChI=1S/C29H33BN2O4/c1-20-9-7-10-21(17-20)18-27(30(35)36)32-28(33)19-26(23-12-3-2-4-13-23)31-29(34)25-16-8-14-22-11-5-6-15-24(22)25/h2-7,9-13,15,17,25-27,35-36H,8,14,16,18-19H2,1H3,(H,31,34)(H,32,33). The van der Waals surface area contributed by atoms with Crippen LogP contribution in [0, 0.1) is 6.92 Å². The molecular weight excluding hydrogens is 451 g/mol. The minimum Gasteiger partial charge on any atom is -0.426 e. The summed E-state index contributed by atoms with van der Waals surface area (Å²) >= 11 is 0. The predicted octanol–water partition coefficient (Wildman–Crippen LogP) is 3.40. The van der Waals surface area contributed by atoms with Gasteiger partial charge in [0.25, 0.3) is 0 Å². The Hall–Kier alpha value is -3.42. The molecule has 0 bridgehead atoms. The fraction of sp³-hybridized carbons (Fsp3) is 0.310. The largest absolute Gasteiger partial charge is 0.475 e. The summed E-state index contributed by atoms with van der Waals surface area (Å²) in [6, 6.07) is 24.6. The zero-order valence-corrected chi connectivity index (χ0v) is 20.6. The number of hydrogen-bond acceptors (Lipinski definition) is 4. The van der Waals surface area contributed by atoms with E-state index in [1.54, 1.807) is 0 Å². The van der Waals surface area contributed by atoms with Crippen LogP contribution < -0.4 is 10.6 Å². The lowest BCUT2D eigenvalue weighted by atomic mass is 9.75. The smallest absolute Gasteiger partial charge is 0.426 e. The third kappa shape index (κ3) is 6.62. The van der Waals surface area contributed by atoms with Gasteiger partial charge in [0.15, 0.2) is 0 Å². The van der Waals surface area contributed by atoms with Crippen molar-refractivity contribution in [3.63, 3.8) is 0 Å². The van der Waals surface area contributed by atoms with Crippen LogP contribution in [0.3, 0.4) is 0 Å². The summed E-state index contributed by atoms with van der Waals surface area (Å²) in [7, 11) is -1.71. The third-order valence-corrected chi connectivity index (χ3v) is 6.84. The molecule has 3 unspecified atom stereocenters. The van der Waals surface area contributed by atoms with Gasteiger partial charge in [-0.25, -0.2) is 0 Å². The van der Waals surface area contributed by atoms with Crippen LogP contribution in [0.1, 0.15) is 59.0 Å². The predicted molar refractivity (Wildman–Crippen MR) is 141 cm³/mol. The maximum atomic E-state index is 13.4. The molecule has 36 heavy (non-hydrogen) atoms. The van der Waals surface area contributed by atoms with Gasteiger partial charge in [-0.15, -0.1) is 0 Å². The summed E-state index contributed by atoms with van der Waals surface area (Å²) in [6.45, 7) is 1.96. The lowest BCUT2D eigenvalue weighted by Gasteiger charge is -2.28. The number of amides is 2. The molecule has 3 atom stereocenters. The first-order valence-electron chi connectivity index (χ1n) is 12.5. The Kier molecular flexibility index (Phi) is 8.57. The zero-order valence-electron chi connectivity index (χ0n) is 20.6. The van der Waals surface area contributed by atoms with E-state index in [2.05, 4.69) is 16.7 Å². The van der Waals surface area contributed by atoms with Gasteiger partial charge in [0.1, 0.15) is 0 Å². The molecule has 0 fully saturated rings. The molecule has 186 valence electrons. The number of aryl methyl sites for hydroxylation is 2. The van der Waals surface area contributed by atoms with Gasteiger partial charge in [0.2, 0.25) is 11.8 Å². The van der Waals surface area contributed by atoms with E-state index in [9.17, 15) is 19.6 Å². The average Bonchev–Trinajstić information content (AvgIpc) is 2.88. The molecule has 3 aromatic carbocycles. The first kappa shape index (κ1) is 25.7. The summed E-state index contributed by atoms with van der Waals surface area (Å²) in [5.41, 5.74) is 5.04. The highest BCUT2D eigenvalue weighted by atomic mass is 16.4. The SMILES string of the molecule is Cc1cccc(CC(NC(=O)CC(NC(=O)C2CCCc3ccccc32)c2ccccc2)B(O)O)c1. The van der Waals surface area contributed by atoms with Crippen LogP contribution in [-0.4, -0.2) is 34.9 Å². The molecule has 1 aliphatic carbocycles. The quantitative estimate of drug-likeness (QED) is 0.350. The van der Waals surface area contributed by atoms with E-state index in [0.717, 1.165) is 41.5 Å². The molecule has 0 heterocycles. The third-order valence-electron chi connectivity index (χ3n) is 6.84. The van der Waals surface area contributed by atoms with E-state index < -0.39 is 19.1 Å². The molecule has 6 nitrogen and oxygen atoms in total. The van der Waals surface area contributed by atoms with Crippen LogP contribution in [0.25, 0.3) is 0 Å². The Morgan fingerprint density at radius 1 is 0.972 bits per heavy atom. The van der Waals surface area contributed by atoms with Crippen LogP contribution in [0.15, 0.2) is 78.9 Å². The average molecular weight is 484 g/mol. The first-order chi connectivity index (χ1) is 17.4. The molecule has 0 aliphatic heterocycles. The van der Waals surface area contributed by atoms with Crippen molar-refractivity contribution in [3.8, 4) is 0 Å². The molecular formula is C29H33BN2O4. The fourth-order valence-corrected chi connectivity index (χ4v) is 5.01. The van der Waals surface area contributed by atoms with Crippen LogP contribution >= 0.6 is 0 Å². The number of nitrogens with one attached hydrogen (secondary N) is 2. The van der Waals surface area contributed by atoms with E-state index in [-0.39, 0.29) is 30.6 Å². The van der Waals surface area contributed by atoms with Gasteiger partial charge >= 0.3 is 7.12 Å². The maximum absolute atomic E-state index is 13.4. The van der Waals surface area contributed by atoms with Crippen molar-refractivity contribution in [3.05, 3.63) is 107 Å². The van der Waals surface area contributed by atoms with Gasteiger partial charge < -0.3 is 20.7 Å². The first-order valence-corrected chi connectivity index (χ1v) is 12.5. The minimum atomic E-state index is -1.71. The van der Waals surface area contributed by atoms with Crippen molar-refractivity contribution in [2.24, 2.45) is 0 Å². The van der Waals surface area contributed by atoms with Crippen molar-refractivity contribution in [1.29, 1.82) is 0 Å². The summed E-state index contributed by atoms with van der Waals surface area (Å²) in [4.78, 5) is 26.5.